The van der Waals surface area contributed by atoms with E-state index in [0.717, 1.165) is 21.2 Å². The molecular formula is C30H19BrF5NO. The summed E-state index contributed by atoms with van der Waals surface area (Å²) in [5, 5.41) is 0. The molecule has 0 bridgehead atoms. The van der Waals surface area contributed by atoms with Gasteiger partial charge < -0.3 is 4.74 Å². The fourth-order valence-electron chi connectivity index (χ4n) is 4.37. The summed E-state index contributed by atoms with van der Waals surface area (Å²) in [7, 11) is 0. The number of hydrogen-bond acceptors (Lipinski definition) is 2. The van der Waals surface area contributed by atoms with E-state index in [1.165, 1.54) is 30.3 Å². The monoisotopic (exact) mass is 583 g/mol. The van der Waals surface area contributed by atoms with Crippen LogP contribution in [0.4, 0.5) is 22.0 Å². The van der Waals surface area contributed by atoms with Crippen LogP contribution in [0.25, 0.3) is 17.2 Å². The van der Waals surface area contributed by atoms with Gasteiger partial charge in [-0.1, -0.05) is 70.5 Å². The van der Waals surface area contributed by atoms with Gasteiger partial charge in [-0.15, -0.1) is 13.2 Å². The molecule has 4 aromatic rings. The fourth-order valence-corrected chi connectivity index (χ4v) is 4.63. The molecule has 8 heteroatoms. The Morgan fingerprint density at radius 3 is 1.95 bits per heavy atom. The third-order valence-electron chi connectivity index (χ3n) is 6.13. The SMILES string of the molecule is Fc1cccc(F)c1C1=N[C@@H](c2ccc(-c3ccc(OC(F)(F)F)cc3)cc2)C/C1=C\c1ccc(Br)cc1. The number of alkyl halides is 3. The van der Waals surface area contributed by atoms with Crippen molar-refractivity contribution < 1.29 is 26.7 Å². The molecule has 1 aliphatic heterocycles. The third-order valence-corrected chi connectivity index (χ3v) is 6.66. The number of rotatable bonds is 5. The predicted octanol–water partition coefficient (Wildman–Crippen LogP) is 9.31. The number of ether oxygens (including phenoxy) is 1. The van der Waals surface area contributed by atoms with Gasteiger partial charge in [0.2, 0.25) is 0 Å². The molecule has 4 aromatic carbocycles. The molecule has 0 fully saturated rings. The van der Waals surface area contributed by atoms with Crippen molar-refractivity contribution in [2.75, 3.05) is 0 Å². The Balaban J connectivity index is 1.45. The van der Waals surface area contributed by atoms with E-state index in [-0.39, 0.29) is 23.1 Å². The lowest BCUT2D eigenvalue weighted by molar-refractivity contribution is -0.274. The molecule has 1 atom stereocenters. The van der Waals surface area contributed by atoms with E-state index in [2.05, 4.69) is 20.7 Å². The normalized spacial score (nSPS) is 16.5. The van der Waals surface area contributed by atoms with E-state index in [9.17, 15) is 22.0 Å². The van der Waals surface area contributed by atoms with Crippen LogP contribution in [0, 0.1) is 11.6 Å². The van der Waals surface area contributed by atoms with Gasteiger partial charge in [0.15, 0.2) is 0 Å². The summed E-state index contributed by atoms with van der Waals surface area (Å²) in [5.41, 5.74) is 4.06. The van der Waals surface area contributed by atoms with Gasteiger partial charge in [-0.05, 0) is 70.3 Å². The van der Waals surface area contributed by atoms with Gasteiger partial charge in [-0.3, -0.25) is 4.99 Å². The minimum atomic E-state index is -4.75. The van der Waals surface area contributed by atoms with Crippen molar-refractivity contribution in [3.63, 3.8) is 0 Å². The van der Waals surface area contributed by atoms with Crippen molar-refractivity contribution in [3.8, 4) is 16.9 Å². The van der Waals surface area contributed by atoms with Crippen molar-refractivity contribution in [2.45, 2.75) is 18.8 Å². The number of halogens is 6. The Morgan fingerprint density at radius 1 is 0.789 bits per heavy atom. The molecule has 5 rings (SSSR count). The van der Waals surface area contributed by atoms with Gasteiger partial charge >= 0.3 is 6.36 Å². The van der Waals surface area contributed by atoms with Crippen molar-refractivity contribution in [1.29, 1.82) is 0 Å². The summed E-state index contributed by atoms with van der Waals surface area (Å²) in [6.45, 7) is 0. The average Bonchev–Trinajstić information content (AvgIpc) is 3.28. The summed E-state index contributed by atoms with van der Waals surface area (Å²) < 4.78 is 71.6. The van der Waals surface area contributed by atoms with Crippen LogP contribution in [0.1, 0.15) is 29.2 Å². The molecule has 0 unspecified atom stereocenters. The Bertz CT molecular complexity index is 1490. The van der Waals surface area contributed by atoms with Crippen molar-refractivity contribution in [2.24, 2.45) is 4.99 Å². The summed E-state index contributed by atoms with van der Waals surface area (Å²) in [5.74, 6) is -1.66. The first kappa shape index (κ1) is 25.9. The molecule has 38 heavy (non-hydrogen) atoms. The first-order valence-electron chi connectivity index (χ1n) is 11.6. The molecule has 0 aliphatic carbocycles. The van der Waals surface area contributed by atoms with Crippen LogP contribution >= 0.6 is 15.9 Å². The maximum Gasteiger partial charge on any atom is 0.573 e. The molecular weight excluding hydrogens is 565 g/mol. The molecule has 0 amide bonds. The average molecular weight is 584 g/mol. The predicted molar refractivity (Wildman–Crippen MR) is 141 cm³/mol. The number of nitrogens with zero attached hydrogens (tertiary/aromatic N) is 1. The quantitative estimate of drug-likeness (QED) is 0.214. The molecule has 2 nitrogen and oxygen atoms in total. The number of hydrogen-bond donors (Lipinski definition) is 0. The second-order valence-corrected chi connectivity index (χ2v) is 9.63. The first-order chi connectivity index (χ1) is 18.2. The van der Waals surface area contributed by atoms with Crippen LogP contribution in [0.5, 0.6) is 5.75 Å². The van der Waals surface area contributed by atoms with Crippen molar-refractivity contribution >= 4 is 27.7 Å². The van der Waals surface area contributed by atoms with Crippen molar-refractivity contribution in [1.82, 2.24) is 0 Å². The largest absolute Gasteiger partial charge is 0.573 e. The maximum absolute atomic E-state index is 14.7. The van der Waals surface area contributed by atoms with Gasteiger partial charge in [-0.2, -0.15) is 0 Å². The van der Waals surface area contributed by atoms with Crippen LogP contribution in [-0.2, 0) is 0 Å². The Hall–Kier alpha value is -3.78. The van der Waals surface area contributed by atoms with Crippen LogP contribution in [0.2, 0.25) is 0 Å². The van der Waals surface area contributed by atoms with E-state index in [0.29, 0.717) is 17.6 Å². The zero-order valence-corrected chi connectivity index (χ0v) is 21.2. The number of benzene rings is 4. The standard InChI is InChI=1S/C30H19BrF5NO/c31-23-12-4-18(5-13-23)16-22-17-27(37-29(22)28-25(32)2-1-3-26(28)33)21-8-6-19(7-9-21)20-10-14-24(15-11-20)38-30(34,35)36/h1-16,27H,17H2/b22-16+/t27-/m1/s1. The molecule has 0 radical (unpaired) electrons. The topological polar surface area (TPSA) is 21.6 Å². The van der Waals surface area contributed by atoms with Gasteiger partial charge in [-0.25, -0.2) is 8.78 Å². The van der Waals surface area contributed by atoms with Gasteiger partial charge in [0.05, 0.1) is 17.3 Å². The highest BCUT2D eigenvalue weighted by Crippen LogP contribution is 2.38. The third kappa shape index (κ3) is 5.86. The minimum Gasteiger partial charge on any atom is -0.406 e. The molecule has 0 saturated carbocycles. The van der Waals surface area contributed by atoms with E-state index >= 15 is 0 Å². The zero-order valence-electron chi connectivity index (χ0n) is 19.6. The smallest absolute Gasteiger partial charge is 0.406 e. The van der Waals surface area contributed by atoms with Gasteiger partial charge in [0.25, 0.3) is 0 Å². The zero-order chi connectivity index (χ0) is 26.9. The summed E-state index contributed by atoms with van der Waals surface area (Å²) in [6, 6.07) is 24.0. The molecule has 0 spiro atoms. The summed E-state index contributed by atoms with van der Waals surface area (Å²) in [4.78, 5) is 4.73. The lowest BCUT2D eigenvalue weighted by atomic mass is 9.95. The van der Waals surface area contributed by atoms with Crippen LogP contribution in [-0.4, -0.2) is 12.1 Å². The second kappa shape index (κ2) is 10.5. The Labute approximate surface area is 224 Å². The van der Waals surface area contributed by atoms with E-state index < -0.39 is 18.0 Å². The summed E-state index contributed by atoms with van der Waals surface area (Å²) >= 11 is 3.41. The summed E-state index contributed by atoms with van der Waals surface area (Å²) in [6.07, 6.45) is -2.42. The Kier molecular flexibility index (Phi) is 7.17. The maximum atomic E-state index is 14.7. The lowest BCUT2D eigenvalue weighted by Crippen LogP contribution is -2.16. The lowest BCUT2D eigenvalue weighted by Gasteiger charge is -2.11. The first-order valence-corrected chi connectivity index (χ1v) is 12.4. The van der Waals surface area contributed by atoms with Gasteiger partial charge in [0.1, 0.15) is 17.4 Å². The molecule has 0 saturated heterocycles. The molecule has 0 N–H and O–H groups in total. The van der Waals surface area contributed by atoms with Crippen LogP contribution in [0.3, 0.4) is 0 Å². The Morgan fingerprint density at radius 2 is 1.37 bits per heavy atom. The second-order valence-electron chi connectivity index (χ2n) is 8.71. The van der Waals surface area contributed by atoms with E-state index in [1.54, 1.807) is 12.1 Å². The highest BCUT2D eigenvalue weighted by Gasteiger charge is 2.31. The highest BCUT2D eigenvalue weighted by molar-refractivity contribution is 9.10. The molecule has 0 aromatic heterocycles. The van der Waals surface area contributed by atoms with Crippen LogP contribution < -0.4 is 4.74 Å². The molecule has 1 aliphatic rings. The van der Waals surface area contributed by atoms with E-state index in [4.69, 9.17) is 4.99 Å². The number of aliphatic imine (C=N–C) groups is 1. The fraction of sp³-hybridized carbons (Fsp3) is 0.100. The van der Waals surface area contributed by atoms with E-state index in [1.807, 2.05) is 54.6 Å². The van der Waals surface area contributed by atoms with Crippen LogP contribution in [0.15, 0.2) is 106 Å². The molecule has 192 valence electrons. The molecule has 1 heterocycles. The highest BCUT2D eigenvalue weighted by atomic mass is 79.9. The van der Waals surface area contributed by atoms with Gasteiger partial charge in [0, 0.05) is 10.9 Å². The minimum absolute atomic E-state index is 0.156. The van der Waals surface area contributed by atoms with Crippen molar-refractivity contribution in [3.05, 3.63) is 129 Å².